The summed E-state index contributed by atoms with van der Waals surface area (Å²) in [6.45, 7) is 5.10. The van der Waals surface area contributed by atoms with E-state index in [0.717, 1.165) is 17.7 Å². The Morgan fingerprint density at radius 3 is 2.48 bits per heavy atom. The number of fused-ring (bicyclic) bond motifs is 1. The van der Waals surface area contributed by atoms with Gasteiger partial charge in [-0.25, -0.2) is 0 Å². The van der Waals surface area contributed by atoms with Crippen LogP contribution < -0.4 is 10.1 Å². The molecule has 0 aliphatic carbocycles. The number of carbonyl (C=O) groups is 2. The van der Waals surface area contributed by atoms with Gasteiger partial charge in [-0.05, 0) is 47.7 Å². The largest absolute Gasteiger partial charge is 0.497 e. The van der Waals surface area contributed by atoms with Gasteiger partial charge in [0.1, 0.15) is 11.8 Å². The van der Waals surface area contributed by atoms with E-state index in [1.165, 1.54) is 5.56 Å². The number of rotatable bonds is 5. The molecule has 1 aliphatic rings. The molecule has 3 rings (SSSR count). The van der Waals surface area contributed by atoms with Crippen molar-refractivity contribution in [3.8, 4) is 5.75 Å². The molecule has 5 nitrogen and oxygen atoms in total. The predicted molar refractivity (Wildman–Crippen MR) is 105 cm³/mol. The molecule has 0 fully saturated rings. The van der Waals surface area contributed by atoms with Gasteiger partial charge >= 0.3 is 0 Å². The van der Waals surface area contributed by atoms with Crippen molar-refractivity contribution >= 4 is 11.8 Å². The lowest BCUT2D eigenvalue weighted by Crippen LogP contribution is -2.52. The summed E-state index contributed by atoms with van der Waals surface area (Å²) in [7, 11) is 1.64. The van der Waals surface area contributed by atoms with Crippen LogP contribution in [0.1, 0.15) is 35.3 Å². The Morgan fingerprint density at radius 1 is 1.07 bits per heavy atom. The Balaban J connectivity index is 1.74. The maximum atomic E-state index is 13.2. The van der Waals surface area contributed by atoms with Crippen molar-refractivity contribution in [1.82, 2.24) is 10.2 Å². The lowest BCUT2D eigenvalue weighted by Gasteiger charge is -2.33. The third-order valence-electron chi connectivity index (χ3n) is 4.99. The molecular formula is C22H26N2O3. The first-order chi connectivity index (χ1) is 13.0. The Kier molecular flexibility index (Phi) is 5.79. The zero-order valence-corrected chi connectivity index (χ0v) is 16.1. The van der Waals surface area contributed by atoms with Gasteiger partial charge in [0.25, 0.3) is 5.91 Å². The molecule has 0 saturated heterocycles. The highest BCUT2D eigenvalue weighted by molar-refractivity contribution is 5.97. The molecule has 2 aromatic rings. The van der Waals surface area contributed by atoms with E-state index in [1.54, 1.807) is 19.2 Å². The molecule has 5 heteroatoms. The number of hydrogen-bond donors (Lipinski definition) is 1. The van der Waals surface area contributed by atoms with Crippen LogP contribution in [-0.2, 0) is 17.8 Å². The first kappa shape index (κ1) is 19.0. The highest BCUT2D eigenvalue weighted by Crippen LogP contribution is 2.24. The maximum Gasteiger partial charge on any atom is 0.251 e. The Morgan fingerprint density at radius 2 is 1.81 bits per heavy atom. The Hall–Kier alpha value is -2.82. The van der Waals surface area contributed by atoms with E-state index in [-0.39, 0.29) is 17.7 Å². The van der Waals surface area contributed by atoms with Crippen LogP contribution in [0.3, 0.4) is 0 Å². The van der Waals surface area contributed by atoms with Crippen molar-refractivity contribution in [2.24, 2.45) is 5.92 Å². The highest BCUT2D eigenvalue weighted by atomic mass is 16.5. The third-order valence-corrected chi connectivity index (χ3v) is 4.99. The van der Waals surface area contributed by atoms with Crippen LogP contribution in [0.25, 0.3) is 0 Å². The topological polar surface area (TPSA) is 58.6 Å². The second-order valence-corrected chi connectivity index (χ2v) is 7.21. The zero-order chi connectivity index (χ0) is 19.4. The van der Waals surface area contributed by atoms with Crippen LogP contribution in [0, 0.1) is 5.92 Å². The van der Waals surface area contributed by atoms with Gasteiger partial charge in [-0.1, -0.05) is 38.1 Å². The molecule has 0 saturated carbocycles. The fourth-order valence-corrected chi connectivity index (χ4v) is 3.37. The average molecular weight is 366 g/mol. The number of nitrogens with zero attached hydrogens (tertiary/aromatic N) is 1. The molecule has 0 bridgehead atoms. The van der Waals surface area contributed by atoms with E-state index in [4.69, 9.17) is 4.74 Å². The number of ether oxygens (including phenoxy) is 1. The van der Waals surface area contributed by atoms with Crippen molar-refractivity contribution in [2.45, 2.75) is 32.9 Å². The number of methoxy groups -OCH3 is 1. The van der Waals surface area contributed by atoms with Crippen molar-refractivity contribution in [3.63, 3.8) is 0 Å². The second kappa shape index (κ2) is 8.25. The van der Waals surface area contributed by atoms with Crippen LogP contribution >= 0.6 is 0 Å². The van der Waals surface area contributed by atoms with Crippen molar-refractivity contribution in [1.29, 1.82) is 0 Å². The fourth-order valence-electron chi connectivity index (χ4n) is 3.37. The van der Waals surface area contributed by atoms with Crippen molar-refractivity contribution in [2.75, 3.05) is 13.7 Å². The molecule has 0 radical (unpaired) electrons. The van der Waals surface area contributed by atoms with E-state index in [0.29, 0.717) is 18.7 Å². The SMILES string of the molecule is COc1ccc2c(c1)CN(C(=O)C(NC(=O)c1ccccc1)C(C)C)CC2. The normalized spacial score (nSPS) is 14.4. The van der Waals surface area contributed by atoms with Crippen LogP contribution in [0.2, 0.25) is 0 Å². The summed E-state index contributed by atoms with van der Waals surface area (Å²) in [5, 5.41) is 2.92. The molecule has 1 unspecified atom stereocenters. The smallest absolute Gasteiger partial charge is 0.251 e. The van der Waals surface area contributed by atoms with Crippen LogP contribution in [0.5, 0.6) is 5.75 Å². The lowest BCUT2D eigenvalue weighted by molar-refractivity contribution is -0.135. The number of carbonyl (C=O) groups excluding carboxylic acids is 2. The number of nitrogens with one attached hydrogen (secondary N) is 1. The predicted octanol–water partition coefficient (Wildman–Crippen LogP) is 3.03. The summed E-state index contributed by atoms with van der Waals surface area (Å²) >= 11 is 0. The lowest BCUT2D eigenvalue weighted by atomic mass is 9.96. The van der Waals surface area contributed by atoms with E-state index in [9.17, 15) is 9.59 Å². The second-order valence-electron chi connectivity index (χ2n) is 7.21. The van der Waals surface area contributed by atoms with Crippen molar-refractivity contribution in [3.05, 3.63) is 65.2 Å². The van der Waals surface area contributed by atoms with Gasteiger partial charge in [0, 0.05) is 18.7 Å². The molecule has 1 atom stereocenters. The van der Waals surface area contributed by atoms with Crippen LogP contribution in [0.4, 0.5) is 0 Å². The molecule has 0 aromatic heterocycles. The monoisotopic (exact) mass is 366 g/mol. The fraction of sp³-hybridized carbons (Fsp3) is 0.364. The van der Waals surface area contributed by atoms with E-state index in [2.05, 4.69) is 11.4 Å². The quantitative estimate of drug-likeness (QED) is 0.885. The first-order valence-electron chi connectivity index (χ1n) is 9.30. The third kappa shape index (κ3) is 4.30. The summed E-state index contributed by atoms with van der Waals surface area (Å²) in [6.07, 6.45) is 0.808. The summed E-state index contributed by atoms with van der Waals surface area (Å²) in [4.78, 5) is 27.5. The molecule has 0 spiro atoms. The number of hydrogen-bond acceptors (Lipinski definition) is 3. The minimum atomic E-state index is -0.551. The van der Waals surface area contributed by atoms with E-state index >= 15 is 0 Å². The summed E-state index contributed by atoms with van der Waals surface area (Å²) in [5.41, 5.74) is 2.91. The number of amides is 2. The van der Waals surface area contributed by atoms with Gasteiger partial charge in [-0.3, -0.25) is 9.59 Å². The average Bonchev–Trinajstić information content (AvgIpc) is 2.70. The van der Waals surface area contributed by atoms with Crippen LogP contribution in [-0.4, -0.2) is 36.4 Å². The van der Waals surface area contributed by atoms with Gasteiger partial charge in [0.15, 0.2) is 0 Å². The molecular weight excluding hydrogens is 340 g/mol. The van der Waals surface area contributed by atoms with Crippen LogP contribution in [0.15, 0.2) is 48.5 Å². The molecule has 27 heavy (non-hydrogen) atoms. The standard InChI is InChI=1S/C22H26N2O3/c1-15(2)20(23-21(25)17-7-5-4-6-8-17)22(26)24-12-11-16-9-10-19(27-3)13-18(16)14-24/h4-10,13,15,20H,11-12,14H2,1-3H3,(H,23,25). The summed E-state index contributed by atoms with van der Waals surface area (Å²) in [5.74, 6) is 0.530. The molecule has 1 heterocycles. The van der Waals surface area contributed by atoms with Gasteiger partial charge in [-0.2, -0.15) is 0 Å². The van der Waals surface area contributed by atoms with Crippen molar-refractivity contribution < 1.29 is 14.3 Å². The molecule has 1 aliphatic heterocycles. The van der Waals surface area contributed by atoms with Gasteiger partial charge in [0.2, 0.25) is 5.91 Å². The first-order valence-corrected chi connectivity index (χ1v) is 9.30. The van der Waals surface area contributed by atoms with Gasteiger partial charge < -0.3 is 15.0 Å². The molecule has 2 amide bonds. The number of benzene rings is 2. The van der Waals surface area contributed by atoms with Gasteiger partial charge in [-0.15, -0.1) is 0 Å². The highest BCUT2D eigenvalue weighted by Gasteiger charge is 2.31. The van der Waals surface area contributed by atoms with E-state index < -0.39 is 6.04 Å². The van der Waals surface area contributed by atoms with Gasteiger partial charge in [0.05, 0.1) is 7.11 Å². The molecule has 142 valence electrons. The molecule has 1 N–H and O–H groups in total. The minimum absolute atomic E-state index is 0.00290. The minimum Gasteiger partial charge on any atom is -0.497 e. The van der Waals surface area contributed by atoms with E-state index in [1.807, 2.05) is 49.1 Å². The molecule has 2 aromatic carbocycles. The Bertz CT molecular complexity index is 818. The summed E-state index contributed by atoms with van der Waals surface area (Å²) in [6, 6.07) is 14.4. The maximum absolute atomic E-state index is 13.2. The zero-order valence-electron chi connectivity index (χ0n) is 16.1. The summed E-state index contributed by atoms with van der Waals surface area (Å²) < 4.78 is 5.30. The Labute approximate surface area is 160 Å².